The van der Waals surface area contributed by atoms with E-state index in [1.165, 1.54) is 6.07 Å². The van der Waals surface area contributed by atoms with Gasteiger partial charge in [0.1, 0.15) is 23.9 Å². The van der Waals surface area contributed by atoms with E-state index in [0.29, 0.717) is 10.6 Å². The maximum absolute atomic E-state index is 8.94. The Morgan fingerprint density at radius 3 is 2.11 bits per heavy atom. The molecule has 0 aromatic heterocycles. The Morgan fingerprint density at radius 2 is 1.63 bits per heavy atom. The molecule has 4 nitrogen and oxygen atoms in total. The van der Waals surface area contributed by atoms with Crippen LogP contribution in [0, 0.1) is 40.9 Å². The van der Waals surface area contributed by atoms with E-state index in [0.717, 1.165) is 0 Å². The van der Waals surface area contributed by atoms with Crippen molar-refractivity contribution in [2.24, 2.45) is 0 Å². The summed E-state index contributed by atoms with van der Waals surface area (Å²) >= 11 is 17.9. The molecule has 0 spiro atoms. The lowest BCUT2D eigenvalue weighted by atomic mass is 10.2. The molecule has 0 saturated carbocycles. The molecule has 0 bridgehead atoms. The molecule has 1 aromatic rings. The summed E-state index contributed by atoms with van der Waals surface area (Å²) in [5.74, 6) is 0. The highest BCUT2D eigenvalue weighted by Crippen LogP contribution is 2.38. The van der Waals surface area contributed by atoms with Crippen molar-refractivity contribution < 1.29 is 0 Å². The van der Waals surface area contributed by atoms with Crippen LogP contribution in [0.4, 0.5) is 5.69 Å². The van der Waals surface area contributed by atoms with E-state index < -0.39 is 0 Å². The van der Waals surface area contributed by atoms with Crippen LogP contribution >= 0.6 is 34.8 Å². The fourth-order valence-corrected chi connectivity index (χ4v) is 2.07. The molecule has 0 radical (unpaired) electrons. The van der Waals surface area contributed by atoms with Gasteiger partial charge in [0.2, 0.25) is 0 Å². The first-order chi connectivity index (χ1) is 8.96. The number of nitrogens with zero attached hydrogens (tertiary/aromatic N) is 3. The topological polar surface area (TPSA) is 83.4 Å². The third-order valence-corrected chi connectivity index (χ3v) is 3.40. The van der Waals surface area contributed by atoms with Crippen molar-refractivity contribution in [1.82, 2.24) is 0 Å². The summed E-state index contributed by atoms with van der Waals surface area (Å²) in [6.45, 7) is 1.68. The van der Waals surface area contributed by atoms with Gasteiger partial charge in [-0.3, -0.25) is 0 Å². The van der Waals surface area contributed by atoms with Gasteiger partial charge in [-0.1, -0.05) is 34.8 Å². The summed E-state index contributed by atoms with van der Waals surface area (Å²) in [7, 11) is 0. The number of rotatable bonds is 2. The molecule has 1 N–H and O–H groups in total. The molecule has 0 saturated heterocycles. The first-order valence-electron chi connectivity index (χ1n) is 4.82. The van der Waals surface area contributed by atoms with E-state index in [-0.39, 0.29) is 27.0 Å². The van der Waals surface area contributed by atoms with Crippen LogP contribution < -0.4 is 5.32 Å². The first-order valence-corrected chi connectivity index (χ1v) is 5.95. The summed E-state index contributed by atoms with van der Waals surface area (Å²) in [6, 6.07) is 6.39. The smallest absolute Gasteiger partial charge is 0.163 e. The van der Waals surface area contributed by atoms with Crippen LogP contribution in [0.1, 0.15) is 5.56 Å². The highest BCUT2D eigenvalue weighted by molar-refractivity contribution is 6.42. The van der Waals surface area contributed by atoms with E-state index in [1.807, 2.05) is 0 Å². The van der Waals surface area contributed by atoms with Gasteiger partial charge >= 0.3 is 0 Å². The normalized spacial score (nSPS) is 8.89. The Bertz CT molecular complexity index is 671. The van der Waals surface area contributed by atoms with Crippen molar-refractivity contribution in [2.75, 3.05) is 5.32 Å². The zero-order valence-electron chi connectivity index (χ0n) is 9.55. The highest BCUT2D eigenvalue weighted by Gasteiger charge is 2.15. The van der Waals surface area contributed by atoms with Crippen molar-refractivity contribution in [3.05, 3.63) is 38.0 Å². The van der Waals surface area contributed by atoms with E-state index in [2.05, 4.69) is 5.32 Å². The molecule has 94 valence electrons. The predicted octanol–water partition coefficient (Wildman–Crippen LogP) is 4.19. The number of nitriles is 3. The molecule has 0 heterocycles. The number of halogens is 3. The van der Waals surface area contributed by atoms with Gasteiger partial charge < -0.3 is 5.32 Å². The van der Waals surface area contributed by atoms with Crippen molar-refractivity contribution in [3.63, 3.8) is 0 Å². The van der Waals surface area contributed by atoms with Crippen LogP contribution in [0.15, 0.2) is 17.3 Å². The van der Waals surface area contributed by atoms with Crippen LogP contribution in [-0.2, 0) is 0 Å². The molecule has 0 fully saturated rings. The summed E-state index contributed by atoms with van der Waals surface area (Å²) in [4.78, 5) is 0. The standard InChI is InChI=1S/C12H5Cl3N4/c1-6-8(13)2-9(14)12(11(6)15)19-10(5-18)7(3-16)4-17/h2,19H,1H3. The second-order valence-electron chi connectivity index (χ2n) is 3.36. The third kappa shape index (κ3) is 3.11. The van der Waals surface area contributed by atoms with Gasteiger partial charge in [0.25, 0.3) is 0 Å². The highest BCUT2D eigenvalue weighted by atomic mass is 35.5. The predicted molar refractivity (Wildman–Crippen MR) is 73.7 cm³/mol. The number of nitrogens with one attached hydrogen (secondary N) is 1. The molecular weight excluding hydrogens is 307 g/mol. The maximum atomic E-state index is 8.94. The van der Waals surface area contributed by atoms with Gasteiger partial charge in [0.05, 0.1) is 15.7 Å². The molecule has 0 atom stereocenters. The lowest BCUT2D eigenvalue weighted by Gasteiger charge is -2.12. The molecule has 0 aliphatic rings. The summed E-state index contributed by atoms with van der Waals surface area (Å²) in [5.41, 5.74) is 0.213. The number of benzene rings is 1. The molecule has 0 amide bonds. The van der Waals surface area contributed by atoms with Gasteiger partial charge in [-0.15, -0.1) is 0 Å². The third-order valence-electron chi connectivity index (χ3n) is 2.23. The molecule has 19 heavy (non-hydrogen) atoms. The average molecular weight is 312 g/mol. The fourth-order valence-electron chi connectivity index (χ4n) is 1.21. The Kier molecular flexibility index (Phi) is 5.04. The van der Waals surface area contributed by atoms with Crippen molar-refractivity contribution >= 4 is 40.5 Å². The fraction of sp³-hybridized carbons (Fsp3) is 0.0833. The Morgan fingerprint density at radius 1 is 1.05 bits per heavy atom. The number of allylic oxidation sites excluding steroid dienone is 2. The maximum Gasteiger partial charge on any atom is 0.163 e. The average Bonchev–Trinajstić information content (AvgIpc) is 2.40. The zero-order chi connectivity index (χ0) is 14.6. The van der Waals surface area contributed by atoms with Crippen LogP contribution in [-0.4, -0.2) is 0 Å². The van der Waals surface area contributed by atoms with Crippen LogP contribution in [0.2, 0.25) is 15.1 Å². The number of hydrogen-bond acceptors (Lipinski definition) is 4. The molecule has 0 aliphatic carbocycles. The SMILES string of the molecule is Cc1c(Cl)cc(Cl)c(NC(C#N)=C(C#N)C#N)c1Cl. The quantitative estimate of drug-likeness (QED) is 0.830. The molecule has 0 unspecified atom stereocenters. The lowest BCUT2D eigenvalue weighted by molar-refractivity contribution is 1.36. The van der Waals surface area contributed by atoms with Gasteiger partial charge in [0, 0.05) is 5.02 Å². The van der Waals surface area contributed by atoms with Crippen molar-refractivity contribution in [2.45, 2.75) is 6.92 Å². The summed E-state index contributed by atoms with van der Waals surface area (Å²) in [5, 5.41) is 29.8. The monoisotopic (exact) mass is 310 g/mol. The Hall–Kier alpha value is -1.90. The molecular formula is C12H5Cl3N4. The van der Waals surface area contributed by atoms with Crippen LogP contribution in [0.3, 0.4) is 0 Å². The molecule has 1 rings (SSSR count). The largest absolute Gasteiger partial charge is 0.343 e. The minimum absolute atomic E-state index is 0.184. The van der Waals surface area contributed by atoms with Crippen LogP contribution in [0.5, 0.6) is 0 Å². The van der Waals surface area contributed by atoms with E-state index in [4.69, 9.17) is 50.6 Å². The number of hydrogen-bond donors (Lipinski definition) is 1. The van der Waals surface area contributed by atoms with Gasteiger partial charge in [0.15, 0.2) is 5.57 Å². The Balaban J connectivity index is 3.41. The molecule has 7 heteroatoms. The lowest BCUT2D eigenvalue weighted by Crippen LogP contribution is -2.02. The van der Waals surface area contributed by atoms with E-state index in [1.54, 1.807) is 25.1 Å². The second-order valence-corrected chi connectivity index (χ2v) is 4.56. The van der Waals surface area contributed by atoms with E-state index >= 15 is 0 Å². The summed E-state index contributed by atoms with van der Waals surface area (Å²) in [6.07, 6.45) is 0. The molecule has 0 aliphatic heterocycles. The van der Waals surface area contributed by atoms with Crippen LogP contribution in [0.25, 0.3) is 0 Å². The Labute approximate surface area is 125 Å². The van der Waals surface area contributed by atoms with Crippen molar-refractivity contribution in [1.29, 1.82) is 15.8 Å². The molecule has 1 aromatic carbocycles. The minimum atomic E-state index is -0.359. The van der Waals surface area contributed by atoms with Crippen molar-refractivity contribution in [3.8, 4) is 18.2 Å². The van der Waals surface area contributed by atoms with Gasteiger partial charge in [-0.2, -0.15) is 15.8 Å². The van der Waals surface area contributed by atoms with Gasteiger partial charge in [-0.05, 0) is 18.6 Å². The van der Waals surface area contributed by atoms with Gasteiger partial charge in [-0.25, -0.2) is 0 Å². The second kappa shape index (κ2) is 6.32. The zero-order valence-corrected chi connectivity index (χ0v) is 11.8. The summed E-state index contributed by atoms with van der Waals surface area (Å²) < 4.78 is 0. The van der Waals surface area contributed by atoms with E-state index in [9.17, 15) is 0 Å². The first kappa shape index (κ1) is 15.2. The number of anilines is 1. The minimum Gasteiger partial charge on any atom is -0.343 e.